The van der Waals surface area contributed by atoms with Gasteiger partial charge in [-0.3, -0.25) is 0 Å². The summed E-state index contributed by atoms with van der Waals surface area (Å²) in [7, 11) is 0. The molecule has 0 bridgehead atoms. The van der Waals surface area contributed by atoms with Gasteiger partial charge in [-0.15, -0.1) is 22.7 Å². The summed E-state index contributed by atoms with van der Waals surface area (Å²) < 4.78 is 0. The van der Waals surface area contributed by atoms with E-state index in [9.17, 15) is 0 Å². The van der Waals surface area contributed by atoms with Crippen molar-refractivity contribution in [2.24, 2.45) is 0 Å². The molecule has 0 unspecified atom stereocenters. The number of hydrogen-bond acceptors (Lipinski definition) is 4. The first kappa shape index (κ1) is 24.9. The number of benzene rings is 6. The van der Waals surface area contributed by atoms with E-state index in [2.05, 4.69) is 131 Å². The average molecular weight is 573 g/mol. The maximum absolute atomic E-state index is 4.60. The van der Waals surface area contributed by atoms with Crippen LogP contribution in [0.25, 0.3) is 76.1 Å². The molecule has 198 valence electrons. The molecule has 4 heteroatoms. The summed E-state index contributed by atoms with van der Waals surface area (Å²) in [5, 5.41) is 11.1. The Hall–Kier alpha value is -4.90. The predicted octanol–water partition coefficient (Wildman–Crippen LogP) is 11.2. The number of nitrogens with zero attached hydrogens (tertiary/aromatic N) is 2. The molecule has 0 fully saturated rings. The van der Waals surface area contributed by atoms with Crippen molar-refractivity contribution in [1.82, 2.24) is 9.97 Å². The Morgan fingerprint density at radius 2 is 0.857 bits per heavy atom. The Balaban J connectivity index is 1.47. The van der Waals surface area contributed by atoms with Crippen molar-refractivity contribution in [3.05, 3.63) is 144 Å². The third-order valence-electron chi connectivity index (χ3n) is 7.79. The molecule has 2 nitrogen and oxygen atoms in total. The van der Waals surface area contributed by atoms with Crippen LogP contribution in [0.5, 0.6) is 0 Å². The summed E-state index contributed by atoms with van der Waals surface area (Å²) in [5.41, 5.74) is 9.58. The molecule has 0 spiro atoms. The van der Waals surface area contributed by atoms with Crippen molar-refractivity contribution in [1.29, 1.82) is 0 Å². The molecule has 8 aromatic rings. The van der Waals surface area contributed by atoms with E-state index in [0.29, 0.717) is 0 Å². The second-order valence-corrected chi connectivity index (χ2v) is 12.0. The molecule has 0 aliphatic rings. The lowest BCUT2D eigenvalue weighted by Crippen LogP contribution is -1.92. The summed E-state index contributed by atoms with van der Waals surface area (Å²) >= 11 is 3.34. The van der Waals surface area contributed by atoms with Crippen LogP contribution in [0.2, 0.25) is 0 Å². The molecular formula is C38H24N2S2. The number of fused-ring (bicyclic) bond motifs is 2. The average Bonchev–Trinajstić information content (AvgIpc) is 3.80. The number of aromatic nitrogens is 2. The first-order valence-corrected chi connectivity index (χ1v) is 15.6. The van der Waals surface area contributed by atoms with Gasteiger partial charge in [0, 0.05) is 34.3 Å². The molecule has 6 aromatic carbocycles. The van der Waals surface area contributed by atoms with E-state index in [1.54, 1.807) is 22.7 Å². The minimum atomic E-state index is 1.03. The summed E-state index contributed by atoms with van der Waals surface area (Å²) in [6.07, 6.45) is 3.75. The van der Waals surface area contributed by atoms with Gasteiger partial charge in [-0.05, 0) is 73.1 Å². The topological polar surface area (TPSA) is 25.8 Å². The zero-order chi connectivity index (χ0) is 27.9. The van der Waals surface area contributed by atoms with Crippen LogP contribution in [0, 0.1) is 0 Å². The Morgan fingerprint density at radius 3 is 1.43 bits per heavy atom. The highest BCUT2D eigenvalue weighted by atomic mass is 32.1. The third-order valence-corrected chi connectivity index (χ3v) is 9.44. The molecule has 0 saturated carbocycles. The first-order chi connectivity index (χ1) is 20.8. The molecular weight excluding hydrogens is 549 g/mol. The van der Waals surface area contributed by atoms with Crippen LogP contribution < -0.4 is 0 Å². The molecule has 2 aromatic heterocycles. The van der Waals surface area contributed by atoms with Gasteiger partial charge in [0.25, 0.3) is 0 Å². The first-order valence-electron chi connectivity index (χ1n) is 13.9. The molecule has 8 rings (SSSR count). The summed E-state index contributed by atoms with van der Waals surface area (Å²) in [5.74, 6) is 0. The van der Waals surface area contributed by atoms with Gasteiger partial charge in [-0.25, -0.2) is 9.97 Å². The van der Waals surface area contributed by atoms with Crippen LogP contribution >= 0.6 is 22.7 Å². The number of rotatable bonds is 5. The van der Waals surface area contributed by atoms with Crippen LogP contribution in [-0.4, -0.2) is 9.97 Å². The molecule has 0 N–H and O–H groups in total. The van der Waals surface area contributed by atoms with E-state index in [0.717, 1.165) is 21.1 Å². The van der Waals surface area contributed by atoms with E-state index < -0.39 is 0 Å². The van der Waals surface area contributed by atoms with E-state index in [1.165, 1.54) is 54.9 Å². The van der Waals surface area contributed by atoms with Crippen LogP contribution in [0.15, 0.2) is 144 Å². The Bertz CT molecular complexity index is 2180. The minimum Gasteiger partial charge on any atom is -0.245 e. The highest BCUT2D eigenvalue weighted by Gasteiger charge is 2.18. The molecule has 0 amide bonds. The van der Waals surface area contributed by atoms with Gasteiger partial charge < -0.3 is 0 Å². The van der Waals surface area contributed by atoms with E-state index in [1.807, 2.05) is 23.2 Å². The molecule has 0 atom stereocenters. The lowest BCUT2D eigenvalue weighted by Gasteiger charge is -2.19. The zero-order valence-corrected chi connectivity index (χ0v) is 24.2. The van der Waals surface area contributed by atoms with Crippen LogP contribution in [0.1, 0.15) is 0 Å². The maximum atomic E-state index is 4.60. The Labute approximate surface area is 252 Å². The van der Waals surface area contributed by atoms with E-state index >= 15 is 0 Å². The van der Waals surface area contributed by atoms with Crippen LogP contribution in [0.4, 0.5) is 0 Å². The SMILES string of the molecule is c1ccc(-c2ccc3c(-c4cccc(-c5nccs5)c4)c4ccccc4c(-c4cccc(-c5nccs5)c4)c3c2)cc1. The Kier molecular flexibility index (Phi) is 6.21. The summed E-state index contributed by atoms with van der Waals surface area (Å²) in [6, 6.07) is 44.1. The van der Waals surface area contributed by atoms with Crippen molar-refractivity contribution < 1.29 is 0 Å². The summed E-state index contributed by atoms with van der Waals surface area (Å²) in [4.78, 5) is 9.19. The second kappa shape index (κ2) is 10.5. The molecule has 2 heterocycles. The van der Waals surface area contributed by atoms with Gasteiger partial charge in [-0.2, -0.15) is 0 Å². The van der Waals surface area contributed by atoms with Crippen molar-refractivity contribution in [3.63, 3.8) is 0 Å². The monoisotopic (exact) mass is 572 g/mol. The normalized spacial score (nSPS) is 11.3. The standard InChI is InChI=1S/C38H24N2S2/c1-2-8-25(9-3-1)26-16-17-33-34(24-26)36(28-11-7-13-30(23-28)38-40-19-21-42-38)32-15-5-4-14-31(32)35(33)27-10-6-12-29(22-27)37-39-18-20-41-37/h1-24H. The van der Waals surface area contributed by atoms with Crippen LogP contribution in [-0.2, 0) is 0 Å². The third kappa shape index (κ3) is 4.33. The lowest BCUT2D eigenvalue weighted by molar-refractivity contribution is 1.41. The number of hydrogen-bond donors (Lipinski definition) is 0. The fraction of sp³-hybridized carbons (Fsp3) is 0. The van der Waals surface area contributed by atoms with Gasteiger partial charge in [0.15, 0.2) is 0 Å². The van der Waals surface area contributed by atoms with Crippen molar-refractivity contribution in [3.8, 4) is 54.5 Å². The molecule has 0 aliphatic heterocycles. The van der Waals surface area contributed by atoms with Gasteiger partial charge in [0.2, 0.25) is 0 Å². The highest BCUT2D eigenvalue weighted by molar-refractivity contribution is 7.13. The van der Waals surface area contributed by atoms with Crippen LogP contribution in [0.3, 0.4) is 0 Å². The van der Waals surface area contributed by atoms with Gasteiger partial charge in [-0.1, -0.05) is 103 Å². The molecule has 0 aliphatic carbocycles. The van der Waals surface area contributed by atoms with Gasteiger partial charge in [0.05, 0.1) is 0 Å². The van der Waals surface area contributed by atoms with Crippen molar-refractivity contribution in [2.75, 3.05) is 0 Å². The van der Waals surface area contributed by atoms with E-state index in [4.69, 9.17) is 0 Å². The van der Waals surface area contributed by atoms with E-state index in [-0.39, 0.29) is 0 Å². The highest BCUT2D eigenvalue weighted by Crippen LogP contribution is 2.46. The smallest absolute Gasteiger partial charge is 0.123 e. The predicted molar refractivity (Wildman–Crippen MR) is 180 cm³/mol. The number of thiazole rings is 2. The van der Waals surface area contributed by atoms with Gasteiger partial charge in [0.1, 0.15) is 10.0 Å². The van der Waals surface area contributed by atoms with Gasteiger partial charge >= 0.3 is 0 Å². The fourth-order valence-electron chi connectivity index (χ4n) is 5.96. The van der Waals surface area contributed by atoms with Crippen molar-refractivity contribution in [2.45, 2.75) is 0 Å². The lowest BCUT2D eigenvalue weighted by atomic mass is 9.84. The summed E-state index contributed by atoms with van der Waals surface area (Å²) in [6.45, 7) is 0. The maximum Gasteiger partial charge on any atom is 0.123 e. The van der Waals surface area contributed by atoms with Crippen molar-refractivity contribution >= 4 is 44.2 Å². The second-order valence-electron chi connectivity index (χ2n) is 10.3. The molecule has 42 heavy (non-hydrogen) atoms. The fourth-order valence-corrected chi connectivity index (χ4v) is 7.23. The molecule has 0 saturated heterocycles. The molecule has 0 radical (unpaired) electrons. The largest absolute Gasteiger partial charge is 0.245 e. The Morgan fingerprint density at radius 1 is 0.357 bits per heavy atom. The minimum absolute atomic E-state index is 1.03. The zero-order valence-electron chi connectivity index (χ0n) is 22.6. The quantitative estimate of drug-likeness (QED) is 0.192.